The summed E-state index contributed by atoms with van der Waals surface area (Å²) in [5.41, 5.74) is -0.939. The molecule has 1 heterocycles. The maximum atomic E-state index is 11.5. The first-order chi connectivity index (χ1) is 8.69. The van der Waals surface area contributed by atoms with E-state index in [0.717, 1.165) is 0 Å². The van der Waals surface area contributed by atoms with E-state index in [1.165, 1.54) is 0 Å². The molecule has 0 radical (unpaired) electrons. The van der Waals surface area contributed by atoms with Gasteiger partial charge in [0.1, 0.15) is 11.6 Å². The molecule has 1 aromatic heterocycles. The second kappa shape index (κ2) is 4.51. The van der Waals surface area contributed by atoms with Crippen LogP contribution in [-0.2, 0) is 0 Å². The number of benzene rings is 1. The Bertz CT molecular complexity index is 699. The molecule has 0 spiro atoms. The van der Waals surface area contributed by atoms with Crippen molar-refractivity contribution < 1.29 is 5.11 Å². The Morgan fingerprint density at radius 1 is 1.28 bits per heavy atom. The van der Waals surface area contributed by atoms with Gasteiger partial charge in [0.2, 0.25) is 5.88 Å². The van der Waals surface area contributed by atoms with Crippen LogP contribution in [0.15, 0.2) is 40.3 Å². The molecule has 18 heavy (non-hydrogen) atoms. The van der Waals surface area contributed by atoms with E-state index in [9.17, 15) is 14.8 Å². The highest BCUT2D eigenvalue weighted by Crippen LogP contribution is 2.33. The molecular weight excluding hydrogens is 234 g/mol. The van der Waals surface area contributed by atoms with Crippen LogP contribution in [0.4, 0.5) is 5.69 Å². The standard InChI is InChI=1S/C12H7N3O3/c13-6-8-9(7-4-2-1-3-5-7)10(15-18)12(17)14-11(8)16/h1-5H,(H2,14,16,17). The van der Waals surface area contributed by atoms with Crippen LogP contribution in [0.5, 0.6) is 5.88 Å². The Morgan fingerprint density at radius 2 is 1.94 bits per heavy atom. The van der Waals surface area contributed by atoms with Crippen molar-refractivity contribution in [3.63, 3.8) is 0 Å². The monoisotopic (exact) mass is 241 g/mol. The normalized spacial score (nSPS) is 9.72. The van der Waals surface area contributed by atoms with Crippen LogP contribution < -0.4 is 5.56 Å². The molecular formula is C12H7N3O3. The number of aromatic nitrogens is 1. The molecule has 2 rings (SSSR count). The third-order valence-corrected chi connectivity index (χ3v) is 2.44. The molecule has 88 valence electrons. The van der Waals surface area contributed by atoms with Crippen molar-refractivity contribution in [1.29, 1.82) is 5.26 Å². The largest absolute Gasteiger partial charge is 0.494 e. The highest BCUT2D eigenvalue weighted by atomic mass is 16.3. The minimum absolute atomic E-state index is 0.0364. The molecule has 0 saturated carbocycles. The van der Waals surface area contributed by atoms with Gasteiger partial charge in [-0.3, -0.25) is 9.78 Å². The van der Waals surface area contributed by atoms with E-state index in [2.05, 4.69) is 5.18 Å². The Balaban J connectivity index is 2.92. The highest BCUT2D eigenvalue weighted by Gasteiger charge is 2.19. The minimum atomic E-state index is -0.833. The predicted octanol–water partition coefficient (Wildman–Crippen LogP) is 2.02. The van der Waals surface area contributed by atoms with Crippen molar-refractivity contribution in [2.75, 3.05) is 0 Å². The third-order valence-electron chi connectivity index (χ3n) is 2.44. The number of rotatable bonds is 2. The first-order valence-corrected chi connectivity index (χ1v) is 4.97. The number of nitroso groups, excluding NO2 is 1. The highest BCUT2D eigenvalue weighted by molar-refractivity contribution is 5.82. The van der Waals surface area contributed by atoms with Gasteiger partial charge < -0.3 is 5.11 Å². The summed E-state index contributed by atoms with van der Waals surface area (Å²) in [5.74, 6) is -0.575. The molecule has 0 bridgehead atoms. The molecule has 0 saturated heterocycles. The van der Waals surface area contributed by atoms with E-state index in [1.807, 2.05) is 4.98 Å². The SMILES string of the molecule is N#Cc1c(O)[nH]c(=O)c(N=O)c1-c1ccccc1. The van der Waals surface area contributed by atoms with Crippen molar-refractivity contribution in [2.24, 2.45) is 5.18 Å². The molecule has 0 amide bonds. The molecule has 0 aliphatic heterocycles. The lowest BCUT2D eigenvalue weighted by Gasteiger charge is -2.06. The van der Waals surface area contributed by atoms with Gasteiger partial charge in [0.25, 0.3) is 5.56 Å². The van der Waals surface area contributed by atoms with Crippen LogP contribution in [0, 0.1) is 16.2 Å². The maximum Gasteiger partial charge on any atom is 0.280 e. The molecule has 0 fully saturated rings. The van der Waals surface area contributed by atoms with Gasteiger partial charge in [-0.05, 0) is 10.7 Å². The molecule has 0 aliphatic rings. The van der Waals surface area contributed by atoms with Gasteiger partial charge in [-0.1, -0.05) is 30.3 Å². The lowest BCUT2D eigenvalue weighted by Crippen LogP contribution is -2.08. The van der Waals surface area contributed by atoms with Crippen LogP contribution in [-0.4, -0.2) is 10.1 Å². The molecule has 6 nitrogen and oxygen atoms in total. The summed E-state index contributed by atoms with van der Waals surface area (Å²) >= 11 is 0. The number of nitrogens with zero attached hydrogens (tertiary/aromatic N) is 2. The van der Waals surface area contributed by atoms with E-state index >= 15 is 0 Å². The second-order valence-electron chi connectivity index (χ2n) is 3.47. The minimum Gasteiger partial charge on any atom is -0.494 e. The Hall–Kier alpha value is -2.94. The second-order valence-corrected chi connectivity index (χ2v) is 3.47. The van der Waals surface area contributed by atoms with Crippen LogP contribution in [0.2, 0.25) is 0 Å². The summed E-state index contributed by atoms with van der Waals surface area (Å²) in [5, 5.41) is 21.2. The maximum absolute atomic E-state index is 11.5. The van der Waals surface area contributed by atoms with E-state index in [-0.39, 0.29) is 11.1 Å². The van der Waals surface area contributed by atoms with Crippen LogP contribution in [0.25, 0.3) is 11.1 Å². The topological polar surface area (TPSA) is 106 Å². The molecule has 2 aromatic rings. The van der Waals surface area contributed by atoms with Gasteiger partial charge in [-0.15, -0.1) is 4.91 Å². The van der Waals surface area contributed by atoms with Gasteiger partial charge in [0.05, 0.1) is 0 Å². The van der Waals surface area contributed by atoms with Gasteiger partial charge in [0.15, 0.2) is 5.69 Å². The van der Waals surface area contributed by atoms with Gasteiger partial charge in [0, 0.05) is 5.56 Å². The van der Waals surface area contributed by atoms with Crippen molar-refractivity contribution in [2.45, 2.75) is 0 Å². The summed E-state index contributed by atoms with van der Waals surface area (Å²) in [7, 11) is 0. The Morgan fingerprint density at radius 3 is 2.50 bits per heavy atom. The molecule has 0 aliphatic carbocycles. The first kappa shape index (κ1) is 11.5. The molecule has 0 unspecified atom stereocenters. The fraction of sp³-hybridized carbons (Fsp3) is 0. The van der Waals surface area contributed by atoms with Crippen LogP contribution in [0.3, 0.4) is 0 Å². The lowest BCUT2D eigenvalue weighted by atomic mass is 10.0. The third kappa shape index (κ3) is 1.74. The van der Waals surface area contributed by atoms with Crippen LogP contribution >= 0.6 is 0 Å². The number of hydrogen-bond acceptors (Lipinski definition) is 5. The average Bonchev–Trinajstić information content (AvgIpc) is 2.39. The number of pyridine rings is 1. The number of H-pyrrole nitrogens is 1. The van der Waals surface area contributed by atoms with E-state index < -0.39 is 17.1 Å². The van der Waals surface area contributed by atoms with Crippen molar-refractivity contribution in [3.05, 3.63) is 51.2 Å². The number of aromatic amines is 1. The Labute approximate surface area is 101 Å². The van der Waals surface area contributed by atoms with Gasteiger partial charge >= 0.3 is 0 Å². The zero-order chi connectivity index (χ0) is 13.1. The summed E-state index contributed by atoms with van der Waals surface area (Å²) in [6.45, 7) is 0. The van der Waals surface area contributed by atoms with E-state index in [1.54, 1.807) is 36.4 Å². The van der Waals surface area contributed by atoms with E-state index in [0.29, 0.717) is 5.56 Å². The summed E-state index contributed by atoms with van der Waals surface area (Å²) in [4.78, 5) is 24.3. The number of nitriles is 1. The predicted molar refractivity (Wildman–Crippen MR) is 64.3 cm³/mol. The van der Waals surface area contributed by atoms with Crippen molar-refractivity contribution in [3.8, 4) is 23.1 Å². The number of nitrogens with one attached hydrogen (secondary N) is 1. The van der Waals surface area contributed by atoms with Crippen LogP contribution in [0.1, 0.15) is 5.56 Å². The first-order valence-electron chi connectivity index (χ1n) is 4.97. The lowest BCUT2D eigenvalue weighted by molar-refractivity contribution is 0.450. The van der Waals surface area contributed by atoms with E-state index in [4.69, 9.17) is 5.26 Å². The quantitative estimate of drug-likeness (QED) is 0.784. The summed E-state index contributed by atoms with van der Waals surface area (Å²) < 4.78 is 0. The average molecular weight is 241 g/mol. The van der Waals surface area contributed by atoms with Crippen molar-refractivity contribution in [1.82, 2.24) is 4.98 Å². The summed E-state index contributed by atoms with van der Waals surface area (Å²) in [6, 6.07) is 10.1. The number of hydrogen-bond donors (Lipinski definition) is 2. The Kier molecular flexibility index (Phi) is 2.89. The summed E-state index contributed by atoms with van der Waals surface area (Å²) in [6.07, 6.45) is 0. The van der Waals surface area contributed by atoms with Crippen molar-refractivity contribution >= 4 is 5.69 Å². The molecule has 0 atom stereocenters. The fourth-order valence-corrected chi connectivity index (χ4v) is 1.66. The number of aromatic hydroxyl groups is 1. The fourth-order valence-electron chi connectivity index (χ4n) is 1.66. The smallest absolute Gasteiger partial charge is 0.280 e. The molecule has 1 aromatic carbocycles. The molecule has 6 heteroatoms. The van der Waals surface area contributed by atoms with Gasteiger partial charge in [-0.25, -0.2) is 0 Å². The van der Waals surface area contributed by atoms with Gasteiger partial charge in [-0.2, -0.15) is 5.26 Å². The zero-order valence-corrected chi connectivity index (χ0v) is 9.04. The molecule has 2 N–H and O–H groups in total. The zero-order valence-electron chi connectivity index (χ0n) is 9.04.